The first kappa shape index (κ1) is 17.2. The molecule has 0 aliphatic heterocycles. The van der Waals surface area contributed by atoms with Crippen LogP contribution in [0.1, 0.15) is 33.3 Å². The maximum Gasteiger partial charge on any atom is 0.328 e. The summed E-state index contributed by atoms with van der Waals surface area (Å²) in [5, 5.41) is 3.11. The van der Waals surface area contributed by atoms with Crippen molar-refractivity contribution >= 4 is 29.6 Å². The fraction of sp³-hybridized carbons (Fsp3) is 0.375. The Hall–Kier alpha value is -1.81. The Bertz CT molecular complexity index is 547. The first-order valence-corrected chi connectivity index (χ1v) is 7.03. The van der Waals surface area contributed by atoms with E-state index in [-0.39, 0.29) is 5.91 Å². The second-order valence-electron chi connectivity index (χ2n) is 5.62. The number of carbonyl (C=O) groups excluding carboxylic acids is 2. The van der Waals surface area contributed by atoms with Gasteiger partial charge in [-0.1, -0.05) is 29.8 Å². The number of esters is 1. The Morgan fingerprint density at radius 1 is 1.29 bits per heavy atom. The van der Waals surface area contributed by atoms with E-state index in [0.717, 1.165) is 5.56 Å². The van der Waals surface area contributed by atoms with E-state index >= 15 is 0 Å². The molecule has 1 rings (SSSR count). The molecule has 0 fully saturated rings. The number of nitrogens with one attached hydrogen (secondary N) is 1. The van der Waals surface area contributed by atoms with Crippen molar-refractivity contribution in [2.45, 2.75) is 39.3 Å². The van der Waals surface area contributed by atoms with Crippen LogP contribution in [0.15, 0.2) is 30.3 Å². The van der Waals surface area contributed by atoms with Gasteiger partial charge in [0.2, 0.25) is 5.91 Å². The minimum atomic E-state index is -0.715. The summed E-state index contributed by atoms with van der Waals surface area (Å²) in [7, 11) is 0. The van der Waals surface area contributed by atoms with Crippen LogP contribution in [0.25, 0.3) is 6.08 Å². The molecule has 4 nitrogen and oxygen atoms in total. The molecular weight excluding hydrogens is 290 g/mol. The molecular formula is C16H20ClNO3. The molecule has 0 aromatic heterocycles. The summed E-state index contributed by atoms with van der Waals surface area (Å²) in [5.74, 6) is -0.852. The smallest absolute Gasteiger partial charge is 0.328 e. The van der Waals surface area contributed by atoms with Crippen LogP contribution in [0.4, 0.5) is 0 Å². The fourth-order valence-corrected chi connectivity index (χ4v) is 1.69. The largest absolute Gasteiger partial charge is 0.458 e. The van der Waals surface area contributed by atoms with Crippen LogP contribution in [0.3, 0.4) is 0 Å². The van der Waals surface area contributed by atoms with E-state index in [9.17, 15) is 9.59 Å². The molecule has 0 unspecified atom stereocenters. The minimum absolute atomic E-state index is 0.381. The van der Waals surface area contributed by atoms with Crippen molar-refractivity contribution in [1.29, 1.82) is 0 Å². The highest BCUT2D eigenvalue weighted by Crippen LogP contribution is 2.16. The molecule has 1 N–H and O–H groups in total. The lowest BCUT2D eigenvalue weighted by Crippen LogP contribution is -2.41. The van der Waals surface area contributed by atoms with Gasteiger partial charge in [0.1, 0.15) is 11.6 Å². The van der Waals surface area contributed by atoms with Gasteiger partial charge in [-0.05, 0) is 45.4 Å². The van der Waals surface area contributed by atoms with E-state index in [2.05, 4.69) is 5.32 Å². The molecule has 1 aromatic carbocycles. The minimum Gasteiger partial charge on any atom is -0.458 e. The highest BCUT2D eigenvalue weighted by atomic mass is 35.5. The molecule has 0 aliphatic rings. The van der Waals surface area contributed by atoms with Crippen molar-refractivity contribution in [3.63, 3.8) is 0 Å². The van der Waals surface area contributed by atoms with E-state index in [1.165, 1.54) is 6.08 Å². The molecule has 5 heteroatoms. The summed E-state index contributed by atoms with van der Waals surface area (Å²) in [6.45, 7) is 6.90. The lowest BCUT2D eigenvalue weighted by molar-refractivity contribution is -0.157. The van der Waals surface area contributed by atoms with E-state index in [1.807, 2.05) is 12.1 Å². The third-order valence-corrected chi connectivity index (χ3v) is 2.78. The van der Waals surface area contributed by atoms with Gasteiger partial charge in [0.15, 0.2) is 0 Å². The Kier molecular flexibility index (Phi) is 5.97. The van der Waals surface area contributed by atoms with Gasteiger partial charge in [-0.25, -0.2) is 4.79 Å². The van der Waals surface area contributed by atoms with E-state index in [4.69, 9.17) is 16.3 Å². The molecule has 0 aliphatic carbocycles. The predicted molar refractivity (Wildman–Crippen MR) is 83.9 cm³/mol. The van der Waals surface area contributed by atoms with Crippen molar-refractivity contribution in [2.24, 2.45) is 0 Å². The van der Waals surface area contributed by atoms with Crippen LogP contribution >= 0.6 is 11.6 Å². The number of hydrogen-bond acceptors (Lipinski definition) is 3. The Balaban J connectivity index is 2.58. The van der Waals surface area contributed by atoms with Crippen LogP contribution in [0.2, 0.25) is 5.02 Å². The van der Waals surface area contributed by atoms with E-state index in [0.29, 0.717) is 5.02 Å². The number of carbonyl (C=O) groups is 2. The van der Waals surface area contributed by atoms with Crippen molar-refractivity contribution in [1.82, 2.24) is 5.32 Å². The Labute approximate surface area is 130 Å². The molecule has 21 heavy (non-hydrogen) atoms. The van der Waals surface area contributed by atoms with E-state index < -0.39 is 17.6 Å². The van der Waals surface area contributed by atoms with Crippen LogP contribution < -0.4 is 5.32 Å². The lowest BCUT2D eigenvalue weighted by Gasteiger charge is -2.22. The summed E-state index contributed by atoms with van der Waals surface area (Å²) in [6.07, 6.45) is 2.93. The number of amides is 1. The normalized spacial score (nSPS) is 13.0. The third kappa shape index (κ3) is 6.45. The predicted octanol–water partition coefficient (Wildman–Crippen LogP) is 3.20. The third-order valence-electron chi connectivity index (χ3n) is 2.44. The van der Waals surface area contributed by atoms with Gasteiger partial charge in [-0.15, -0.1) is 0 Å². The van der Waals surface area contributed by atoms with Crippen LogP contribution in [0, 0.1) is 0 Å². The van der Waals surface area contributed by atoms with Crippen molar-refractivity contribution in [2.75, 3.05) is 0 Å². The monoisotopic (exact) mass is 309 g/mol. The zero-order valence-electron chi connectivity index (χ0n) is 12.6. The number of rotatable bonds is 4. The molecule has 1 aromatic rings. The average molecular weight is 310 g/mol. The molecule has 0 saturated carbocycles. The van der Waals surface area contributed by atoms with Crippen LogP contribution in [-0.4, -0.2) is 23.5 Å². The van der Waals surface area contributed by atoms with Crippen molar-refractivity contribution in [3.8, 4) is 0 Å². The zero-order chi connectivity index (χ0) is 16.0. The Morgan fingerprint density at radius 2 is 1.90 bits per heavy atom. The standard InChI is InChI=1S/C16H20ClNO3/c1-11(15(20)21-16(2,3)4)18-14(19)10-9-12-7-5-6-8-13(12)17/h5-11H,1-4H3,(H,18,19)/b10-9+/t11-/m0/s1. The number of benzene rings is 1. The molecule has 0 spiro atoms. The number of hydrogen-bond donors (Lipinski definition) is 1. The molecule has 0 heterocycles. The van der Waals surface area contributed by atoms with Gasteiger partial charge in [-0.3, -0.25) is 4.79 Å². The van der Waals surface area contributed by atoms with E-state index in [1.54, 1.807) is 45.9 Å². The Morgan fingerprint density at radius 3 is 2.48 bits per heavy atom. The summed E-state index contributed by atoms with van der Waals surface area (Å²) in [6, 6.07) is 6.45. The zero-order valence-corrected chi connectivity index (χ0v) is 13.4. The summed E-state index contributed by atoms with van der Waals surface area (Å²) >= 11 is 5.98. The quantitative estimate of drug-likeness (QED) is 0.686. The van der Waals surface area contributed by atoms with Gasteiger partial charge in [0.05, 0.1) is 0 Å². The summed E-state index contributed by atoms with van der Waals surface area (Å²) in [4.78, 5) is 23.5. The van der Waals surface area contributed by atoms with Crippen LogP contribution in [0.5, 0.6) is 0 Å². The first-order chi connectivity index (χ1) is 9.69. The molecule has 0 saturated heterocycles. The summed E-state index contributed by atoms with van der Waals surface area (Å²) < 4.78 is 5.18. The van der Waals surface area contributed by atoms with Crippen molar-refractivity contribution < 1.29 is 14.3 Å². The highest BCUT2D eigenvalue weighted by Gasteiger charge is 2.22. The van der Waals surface area contributed by atoms with Gasteiger partial charge in [-0.2, -0.15) is 0 Å². The molecule has 0 radical (unpaired) electrons. The molecule has 1 amide bonds. The highest BCUT2D eigenvalue weighted by molar-refractivity contribution is 6.32. The van der Waals surface area contributed by atoms with Crippen molar-refractivity contribution in [3.05, 3.63) is 40.9 Å². The van der Waals surface area contributed by atoms with Gasteiger partial charge in [0, 0.05) is 11.1 Å². The SMILES string of the molecule is C[C@H](NC(=O)/C=C/c1ccccc1Cl)C(=O)OC(C)(C)C. The maximum atomic E-state index is 11.8. The second-order valence-corrected chi connectivity index (χ2v) is 6.03. The second kappa shape index (κ2) is 7.27. The molecule has 1 atom stereocenters. The van der Waals surface area contributed by atoms with Crippen LogP contribution in [-0.2, 0) is 14.3 Å². The van der Waals surface area contributed by atoms with Gasteiger partial charge >= 0.3 is 5.97 Å². The number of ether oxygens (including phenoxy) is 1. The first-order valence-electron chi connectivity index (χ1n) is 6.65. The number of halogens is 1. The molecule has 114 valence electrons. The van der Waals surface area contributed by atoms with Gasteiger partial charge < -0.3 is 10.1 Å². The maximum absolute atomic E-state index is 11.8. The van der Waals surface area contributed by atoms with Gasteiger partial charge in [0.25, 0.3) is 0 Å². The lowest BCUT2D eigenvalue weighted by atomic mass is 10.2. The summed E-state index contributed by atoms with van der Waals surface area (Å²) in [5.41, 5.74) is 0.156. The molecule has 0 bridgehead atoms. The topological polar surface area (TPSA) is 55.4 Å². The fourth-order valence-electron chi connectivity index (χ4n) is 1.49. The average Bonchev–Trinajstić information content (AvgIpc) is 2.35.